The molecule has 0 aromatic heterocycles. The van der Waals surface area contributed by atoms with Gasteiger partial charge in [-0.05, 0) is 26.4 Å². The van der Waals surface area contributed by atoms with Gasteiger partial charge in [0.1, 0.15) is 0 Å². The van der Waals surface area contributed by atoms with Gasteiger partial charge in [-0.15, -0.1) is 0 Å². The van der Waals surface area contributed by atoms with Crippen LogP contribution >= 0.6 is 0 Å². The zero-order chi connectivity index (χ0) is 9.19. The van der Waals surface area contributed by atoms with Gasteiger partial charge in [-0.3, -0.25) is 4.79 Å². The van der Waals surface area contributed by atoms with Crippen LogP contribution in [0.5, 0.6) is 0 Å². The fourth-order valence-electron chi connectivity index (χ4n) is 1.97. The minimum atomic E-state index is -0.179. The number of Topliss-reactive ketones (excluding diaryl/α,β-unsaturated/α-hetero) is 1. The average molecular weight is 170 g/mol. The van der Waals surface area contributed by atoms with Crippen molar-refractivity contribution in [1.29, 1.82) is 0 Å². The molecule has 1 fully saturated rings. The molecule has 0 aromatic rings. The van der Waals surface area contributed by atoms with Gasteiger partial charge in [0.15, 0.2) is 5.78 Å². The molecule has 0 bridgehead atoms. The van der Waals surface area contributed by atoms with Crippen molar-refractivity contribution in [1.82, 2.24) is 4.90 Å². The van der Waals surface area contributed by atoms with Crippen LogP contribution < -0.4 is 5.73 Å². The number of piperidine rings is 1. The molecule has 3 nitrogen and oxygen atoms in total. The molecular weight excluding hydrogens is 152 g/mol. The first-order valence-corrected chi connectivity index (χ1v) is 4.50. The Labute approximate surface area is 73.9 Å². The van der Waals surface area contributed by atoms with Crippen LogP contribution in [0.3, 0.4) is 0 Å². The molecule has 0 radical (unpaired) electrons. The predicted octanol–water partition coefficient (Wildman–Crippen LogP) is 0.246. The fraction of sp³-hybridized carbons (Fsp3) is 0.889. The van der Waals surface area contributed by atoms with Crippen molar-refractivity contribution in [3.63, 3.8) is 0 Å². The van der Waals surface area contributed by atoms with Crippen LogP contribution in [0.25, 0.3) is 0 Å². The standard InChI is InChI=1S/C9H18N2O/c1-9(8(12)6-10)4-3-5-11(2)7-9/h3-7,10H2,1-2H3. The number of nitrogens with zero attached hydrogens (tertiary/aromatic N) is 1. The van der Waals surface area contributed by atoms with Crippen molar-refractivity contribution in [2.45, 2.75) is 19.8 Å². The number of carbonyl (C=O) groups is 1. The first kappa shape index (κ1) is 9.68. The number of rotatable bonds is 2. The van der Waals surface area contributed by atoms with Crippen molar-refractivity contribution < 1.29 is 4.79 Å². The van der Waals surface area contributed by atoms with Gasteiger partial charge in [0.25, 0.3) is 0 Å². The molecular formula is C9H18N2O. The van der Waals surface area contributed by atoms with Crippen molar-refractivity contribution >= 4 is 5.78 Å². The average Bonchev–Trinajstić information content (AvgIpc) is 2.02. The molecule has 2 N–H and O–H groups in total. The number of carbonyl (C=O) groups excluding carboxylic acids is 1. The van der Waals surface area contributed by atoms with Gasteiger partial charge >= 0.3 is 0 Å². The third kappa shape index (κ3) is 1.84. The summed E-state index contributed by atoms with van der Waals surface area (Å²) in [7, 11) is 2.06. The van der Waals surface area contributed by atoms with E-state index in [1.165, 1.54) is 0 Å². The second kappa shape index (κ2) is 3.54. The molecule has 1 unspecified atom stereocenters. The highest BCUT2D eigenvalue weighted by Crippen LogP contribution is 2.29. The van der Waals surface area contributed by atoms with E-state index >= 15 is 0 Å². The lowest BCUT2D eigenvalue weighted by atomic mass is 9.78. The molecule has 1 heterocycles. The molecule has 12 heavy (non-hydrogen) atoms. The summed E-state index contributed by atoms with van der Waals surface area (Å²) in [6, 6.07) is 0. The maximum Gasteiger partial charge on any atom is 0.153 e. The monoisotopic (exact) mass is 170 g/mol. The number of likely N-dealkylation sites (tertiary alicyclic amines) is 1. The quantitative estimate of drug-likeness (QED) is 0.646. The Kier molecular flexibility index (Phi) is 2.85. The van der Waals surface area contributed by atoms with Crippen LogP contribution in [-0.4, -0.2) is 37.4 Å². The Hall–Kier alpha value is -0.410. The van der Waals surface area contributed by atoms with Gasteiger partial charge in [0.2, 0.25) is 0 Å². The van der Waals surface area contributed by atoms with E-state index in [0.717, 1.165) is 25.9 Å². The Morgan fingerprint density at radius 3 is 2.83 bits per heavy atom. The van der Waals surface area contributed by atoms with Gasteiger partial charge < -0.3 is 10.6 Å². The molecule has 1 aliphatic rings. The molecule has 1 atom stereocenters. The van der Waals surface area contributed by atoms with E-state index in [9.17, 15) is 4.79 Å². The van der Waals surface area contributed by atoms with Gasteiger partial charge in [-0.1, -0.05) is 6.92 Å². The Bertz CT molecular complexity index is 181. The normalized spacial score (nSPS) is 31.9. The summed E-state index contributed by atoms with van der Waals surface area (Å²) in [6.45, 7) is 4.18. The lowest BCUT2D eigenvalue weighted by molar-refractivity contribution is -0.129. The van der Waals surface area contributed by atoms with Gasteiger partial charge in [0, 0.05) is 12.0 Å². The van der Waals surface area contributed by atoms with Gasteiger partial charge in [0.05, 0.1) is 6.54 Å². The Morgan fingerprint density at radius 1 is 1.67 bits per heavy atom. The van der Waals surface area contributed by atoms with E-state index in [-0.39, 0.29) is 17.7 Å². The largest absolute Gasteiger partial charge is 0.324 e. The van der Waals surface area contributed by atoms with E-state index in [1.54, 1.807) is 0 Å². The lowest BCUT2D eigenvalue weighted by Crippen LogP contribution is -2.46. The van der Waals surface area contributed by atoms with Crippen molar-refractivity contribution in [2.24, 2.45) is 11.1 Å². The maximum absolute atomic E-state index is 11.5. The highest BCUT2D eigenvalue weighted by atomic mass is 16.1. The molecule has 0 saturated carbocycles. The van der Waals surface area contributed by atoms with E-state index in [4.69, 9.17) is 5.73 Å². The molecule has 70 valence electrons. The summed E-state index contributed by atoms with van der Waals surface area (Å²) in [5, 5.41) is 0. The van der Waals surface area contributed by atoms with E-state index in [1.807, 2.05) is 6.92 Å². The SMILES string of the molecule is CN1CCCC(C)(C(=O)CN)C1. The highest BCUT2D eigenvalue weighted by molar-refractivity contribution is 5.86. The van der Waals surface area contributed by atoms with Crippen LogP contribution in [0.2, 0.25) is 0 Å². The summed E-state index contributed by atoms with van der Waals surface area (Å²) in [5.41, 5.74) is 5.19. The molecule has 3 heteroatoms. The first-order valence-electron chi connectivity index (χ1n) is 4.50. The Balaban J connectivity index is 2.63. The summed E-state index contributed by atoms with van der Waals surface area (Å²) in [6.07, 6.45) is 2.10. The predicted molar refractivity (Wildman–Crippen MR) is 48.9 cm³/mol. The smallest absolute Gasteiger partial charge is 0.153 e. The summed E-state index contributed by atoms with van der Waals surface area (Å²) in [4.78, 5) is 13.7. The number of nitrogens with two attached hydrogens (primary N) is 1. The van der Waals surface area contributed by atoms with Crippen LogP contribution in [0.15, 0.2) is 0 Å². The van der Waals surface area contributed by atoms with E-state index in [2.05, 4.69) is 11.9 Å². The van der Waals surface area contributed by atoms with Crippen LogP contribution in [-0.2, 0) is 4.79 Å². The molecule has 1 rings (SSSR count). The second-order valence-corrected chi connectivity index (χ2v) is 4.03. The Morgan fingerprint density at radius 2 is 2.33 bits per heavy atom. The molecule has 0 aromatic carbocycles. The van der Waals surface area contributed by atoms with Crippen LogP contribution in [0.1, 0.15) is 19.8 Å². The molecule has 1 aliphatic heterocycles. The van der Waals surface area contributed by atoms with E-state index < -0.39 is 0 Å². The summed E-state index contributed by atoms with van der Waals surface area (Å²) >= 11 is 0. The maximum atomic E-state index is 11.5. The van der Waals surface area contributed by atoms with Crippen LogP contribution in [0.4, 0.5) is 0 Å². The van der Waals surface area contributed by atoms with Crippen molar-refractivity contribution in [2.75, 3.05) is 26.7 Å². The van der Waals surface area contributed by atoms with Crippen molar-refractivity contribution in [3.8, 4) is 0 Å². The first-order chi connectivity index (χ1) is 5.58. The number of hydrogen-bond donors (Lipinski definition) is 1. The molecule has 0 spiro atoms. The summed E-state index contributed by atoms with van der Waals surface area (Å²) in [5.74, 6) is 0.203. The minimum Gasteiger partial charge on any atom is -0.324 e. The summed E-state index contributed by atoms with van der Waals surface area (Å²) < 4.78 is 0. The third-order valence-corrected chi connectivity index (χ3v) is 2.75. The van der Waals surface area contributed by atoms with Gasteiger partial charge in [-0.2, -0.15) is 0 Å². The van der Waals surface area contributed by atoms with Gasteiger partial charge in [-0.25, -0.2) is 0 Å². The van der Waals surface area contributed by atoms with E-state index in [0.29, 0.717) is 0 Å². The topological polar surface area (TPSA) is 46.3 Å². The third-order valence-electron chi connectivity index (χ3n) is 2.75. The zero-order valence-electron chi connectivity index (χ0n) is 7.97. The molecule has 1 saturated heterocycles. The van der Waals surface area contributed by atoms with Crippen LogP contribution in [0, 0.1) is 5.41 Å². The zero-order valence-corrected chi connectivity index (χ0v) is 7.97. The molecule has 0 aliphatic carbocycles. The number of hydrogen-bond acceptors (Lipinski definition) is 3. The minimum absolute atomic E-state index is 0.179. The number of ketones is 1. The molecule has 0 amide bonds. The second-order valence-electron chi connectivity index (χ2n) is 4.03. The highest BCUT2D eigenvalue weighted by Gasteiger charge is 2.35. The lowest BCUT2D eigenvalue weighted by Gasteiger charge is -2.37. The fourth-order valence-corrected chi connectivity index (χ4v) is 1.97. The van der Waals surface area contributed by atoms with Crippen molar-refractivity contribution in [3.05, 3.63) is 0 Å².